The summed E-state index contributed by atoms with van der Waals surface area (Å²) in [6, 6.07) is 8.99. The molecule has 0 aliphatic heterocycles. The maximum Gasteiger partial charge on any atom is 0.338 e. The summed E-state index contributed by atoms with van der Waals surface area (Å²) in [4.78, 5) is 19.6. The van der Waals surface area contributed by atoms with E-state index < -0.39 is 5.97 Å². The third-order valence-electron chi connectivity index (χ3n) is 2.51. The summed E-state index contributed by atoms with van der Waals surface area (Å²) in [6.07, 6.45) is 1.36. The van der Waals surface area contributed by atoms with Crippen LogP contribution in [0.3, 0.4) is 0 Å². The van der Waals surface area contributed by atoms with E-state index >= 15 is 0 Å². The lowest BCUT2D eigenvalue weighted by Crippen LogP contribution is -2.01. The van der Waals surface area contributed by atoms with Gasteiger partial charge in [0.1, 0.15) is 11.4 Å². The quantitative estimate of drug-likeness (QED) is 0.759. The molecule has 0 amide bonds. The minimum absolute atomic E-state index is 0.153. The van der Waals surface area contributed by atoms with Crippen LogP contribution in [0.4, 0.5) is 0 Å². The zero-order chi connectivity index (χ0) is 13.2. The van der Waals surface area contributed by atoms with Crippen LogP contribution in [0.25, 0.3) is 10.9 Å². The molecule has 2 aromatic heterocycles. The number of rotatable bonds is 3. The van der Waals surface area contributed by atoms with Crippen LogP contribution in [-0.4, -0.2) is 31.2 Å². The summed E-state index contributed by atoms with van der Waals surface area (Å²) in [5, 5.41) is 17.3. The van der Waals surface area contributed by atoms with Crippen LogP contribution in [0.1, 0.15) is 10.4 Å². The number of pyridine rings is 1. The standard InChI is InChI=1S/C12H8N4O2S/c17-11(18)8-5-7-3-1-2-4-9(7)15-10(8)19-12-13-6-14-16-12/h1-6H,(H,17,18)(H,13,14,16). The molecule has 2 N–H and O–H groups in total. The first-order valence-corrected chi connectivity index (χ1v) is 6.22. The molecule has 0 atom stereocenters. The molecule has 94 valence electrons. The maximum atomic E-state index is 11.3. The van der Waals surface area contributed by atoms with Gasteiger partial charge in [0.05, 0.1) is 11.1 Å². The normalized spacial score (nSPS) is 10.7. The van der Waals surface area contributed by atoms with Crippen molar-refractivity contribution < 1.29 is 9.90 Å². The molecule has 6 nitrogen and oxygen atoms in total. The summed E-state index contributed by atoms with van der Waals surface area (Å²) in [5.41, 5.74) is 0.898. The molecule has 0 aliphatic rings. The van der Waals surface area contributed by atoms with Crippen molar-refractivity contribution in [2.24, 2.45) is 0 Å². The molecular formula is C12H8N4O2S. The monoisotopic (exact) mass is 272 g/mol. The number of para-hydroxylation sites is 1. The number of aromatic nitrogens is 4. The van der Waals surface area contributed by atoms with Crippen LogP contribution < -0.4 is 0 Å². The number of carboxylic acids is 1. The molecule has 0 bridgehead atoms. The second-order valence-electron chi connectivity index (χ2n) is 3.73. The maximum absolute atomic E-state index is 11.3. The Morgan fingerprint density at radius 3 is 2.89 bits per heavy atom. The van der Waals surface area contributed by atoms with E-state index in [1.807, 2.05) is 24.3 Å². The summed E-state index contributed by atoms with van der Waals surface area (Å²) < 4.78 is 0. The highest BCUT2D eigenvalue weighted by molar-refractivity contribution is 7.99. The summed E-state index contributed by atoms with van der Waals surface area (Å²) in [6.45, 7) is 0. The average Bonchev–Trinajstić information content (AvgIpc) is 2.90. The van der Waals surface area contributed by atoms with Gasteiger partial charge in [-0.15, -0.1) is 0 Å². The molecule has 0 radical (unpaired) electrons. The van der Waals surface area contributed by atoms with E-state index in [-0.39, 0.29) is 5.56 Å². The van der Waals surface area contributed by atoms with Gasteiger partial charge in [-0.25, -0.2) is 14.8 Å². The predicted molar refractivity (Wildman–Crippen MR) is 69.2 cm³/mol. The van der Waals surface area contributed by atoms with E-state index in [2.05, 4.69) is 20.2 Å². The Morgan fingerprint density at radius 2 is 2.16 bits per heavy atom. The molecule has 1 aromatic carbocycles. The second kappa shape index (κ2) is 4.69. The van der Waals surface area contributed by atoms with Gasteiger partial charge in [0, 0.05) is 5.39 Å². The molecule has 3 aromatic rings. The molecule has 7 heteroatoms. The van der Waals surface area contributed by atoms with E-state index in [4.69, 9.17) is 0 Å². The number of aromatic carboxylic acids is 1. The molecule has 0 unspecified atom stereocenters. The Labute approximate surface area is 111 Å². The fraction of sp³-hybridized carbons (Fsp3) is 0. The van der Waals surface area contributed by atoms with E-state index in [1.54, 1.807) is 6.07 Å². The number of hydrogen-bond acceptors (Lipinski definition) is 5. The highest BCUT2D eigenvalue weighted by Crippen LogP contribution is 2.28. The number of nitrogens with zero attached hydrogens (tertiary/aromatic N) is 3. The van der Waals surface area contributed by atoms with Crippen molar-refractivity contribution in [3.8, 4) is 0 Å². The fourth-order valence-corrected chi connectivity index (χ4v) is 2.45. The number of aromatic amines is 1. The second-order valence-corrected chi connectivity index (χ2v) is 4.71. The van der Waals surface area contributed by atoms with Gasteiger partial charge in [0.15, 0.2) is 5.16 Å². The number of H-pyrrole nitrogens is 1. The third kappa shape index (κ3) is 2.27. The van der Waals surface area contributed by atoms with Crippen LogP contribution >= 0.6 is 11.8 Å². The van der Waals surface area contributed by atoms with Gasteiger partial charge in [-0.2, -0.15) is 5.10 Å². The van der Waals surface area contributed by atoms with Crippen molar-refractivity contribution in [1.82, 2.24) is 20.2 Å². The number of benzene rings is 1. The van der Waals surface area contributed by atoms with Gasteiger partial charge in [-0.3, -0.25) is 5.10 Å². The lowest BCUT2D eigenvalue weighted by molar-refractivity contribution is 0.0692. The number of nitrogens with one attached hydrogen (secondary N) is 1. The first-order valence-electron chi connectivity index (χ1n) is 5.40. The molecule has 0 fully saturated rings. The smallest absolute Gasteiger partial charge is 0.338 e. The Bertz CT molecular complexity index is 743. The van der Waals surface area contributed by atoms with Crippen LogP contribution in [0.5, 0.6) is 0 Å². The summed E-state index contributed by atoms with van der Waals surface area (Å²) in [7, 11) is 0. The first kappa shape index (κ1) is 11.7. The minimum Gasteiger partial charge on any atom is -0.478 e. The highest BCUT2D eigenvalue weighted by Gasteiger charge is 2.15. The SMILES string of the molecule is O=C(O)c1cc2ccccc2nc1Sc1ncn[nH]1. The van der Waals surface area contributed by atoms with E-state index in [1.165, 1.54) is 6.33 Å². The van der Waals surface area contributed by atoms with Gasteiger partial charge >= 0.3 is 5.97 Å². The number of fused-ring (bicyclic) bond motifs is 1. The number of carboxylic acid groups (broad SMARTS) is 1. The molecule has 2 heterocycles. The van der Waals surface area contributed by atoms with Gasteiger partial charge in [-0.05, 0) is 23.9 Å². The number of carbonyl (C=O) groups is 1. The Kier molecular flexibility index (Phi) is 2.88. The first-order chi connectivity index (χ1) is 9.24. The zero-order valence-corrected chi connectivity index (χ0v) is 10.4. The topological polar surface area (TPSA) is 91.8 Å². The van der Waals surface area contributed by atoms with Crippen molar-refractivity contribution >= 4 is 28.6 Å². The largest absolute Gasteiger partial charge is 0.478 e. The number of hydrogen-bond donors (Lipinski definition) is 2. The van der Waals surface area contributed by atoms with Crippen molar-refractivity contribution in [2.75, 3.05) is 0 Å². The van der Waals surface area contributed by atoms with Gasteiger partial charge in [-0.1, -0.05) is 18.2 Å². The van der Waals surface area contributed by atoms with Crippen LogP contribution in [-0.2, 0) is 0 Å². The average molecular weight is 272 g/mol. The fourth-order valence-electron chi connectivity index (χ4n) is 1.66. The molecule has 0 saturated heterocycles. The van der Waals surface area contributed by atoms with Crippen LogP contribution in [0, 0.1) is 0 Å². The molecule has 19 heavy (non-hydrogen) atoms. The lowest BCUT2D eigenvalue weighted by Gasteiger charge is -2.05. The van der Waals surface area contributed by atoms with Gasteiger partial charge < -0.3 is 5.11 Å². The molecule has 0 saturated carbocycles. The summed E-state index contributed by atoms with van der Waals surface area (Å²) >= 11 is 1.14. The Balaban J connectivity index is 2.15. The van der Waals surface area contributed by atoms with Gasteiger partial charge in [0.2, 0.25) is 0 Å². The molecule has 3 rings (SSSR count). The van der Waals surface area contributed by atoms with Crippen LogP contribution in [0.15, 0.2) is 46.8 Å². The Morgan fingerprint density at radius 1 is 1.32 bits per heavy atom. The minimum atomic E-state index is -1.01. The molecular weight excluding hydrogens is 264 g/mol. The van der Waals surface area contributed by atoms with Crippen molar-refractivity contribution in [1.29, 1.82) is 0 Å². The highest BCUT2D eigenvalue weighted by atomic mass is 32.2. The van der Waals surface area contributed by atoms with Crippen molar-refractivity contribution in [2.45, 2.75) is 10.2 Å². The predicted octanol–water partition coefficient (Wildman–Crippen LogP) is 2.20. The molecule has 0 aliphatic carbocycles. The molecule has 0 spiro atoms. The van der Waals surface area contributed by atoms with E-state index in [9.17, 15) is 9.90 Å². The zero-order valence-electron chi connectivity index (χ0n) is 9.57. The Hall–Kier alpha value is -2.41. The van der Waals surface area contributed by atoms with Crippen molar-refractivity contribution in [3.63, 3.8) is 0 Å². The lowest BCUT2D eigenvalue weighted by atomic mass is 10.1. The van der Waals surface area contributed by atoms with Crippen LogP contribution in [0.2, 0.25) is 0 Å². The van der Waals surface area contributed by atoms with E-state index in [0.717, 1.165) is 22.7 Å². The third-order valence-corrected chi connectivity index (χ3v) is 3.40. The summed E-state index contributed by atoms with van der Waals surface area (Å²) in [5.74, 6) is -1.01. The van der Waals surface area contributed by atoms with E-state index in [0.29, 0.717) is 10.2 Å². The van der Waals surface area contributed by atoms with Crippen molar-refractivity contribution in [3.05, 3.63) is 42.2 Å². The van der Waals surface area contributed by atoms with Gasteiger partial charge in [0.25, 0.3) is 0 Å².